The van der Waals surface area contributed by atoms with Crippen molar-refractivity contribution in [2.24, 2.45) is 0 Å². The van der Waals surface area contributed by atoms with E-state index in [0.717, 1.165) is 16.7 Å². The zero-order valence-corrected chi connectivity index (χ0v) is 15.6. The lowest BCUT2D eigenvalue weighted by Gasteiger charge is -2.16. The molecule has 2 rings (SSSR count). The lowest BCUT2D eigenvalue weighted by atomic mass is 9.91. The maximum atomic E-state index is 13.9. The Morgan fingerprint density at radius 3 is 2.36 bits per heavy atom. The Morgan fingerprint density at radius 2 is 1.80 bits per heavy atom. The highest BCUT2D eigenvalue weighted by atomic mass is 31.2. The minimum atomic E-state index is -4.84. The fraction of sp³-hybridized carbons (Fsp3) is 0.316. The Hall–Kier alpha value is -1.81. The largest absolute Gasteiger partial charge is 0.396 e. The van der Waals surface area contributed by atoms with E-state index in [9.17, 15) is 13.8 Å². The van der Waals surface area contributed by atoms with Gasteiger partial charge >= 0.3 is 7.60 Å². The molecule has 2 aromatic rings. The quantitative estimate of drug-likeness (QED) is 0.768. The summed E-state index contributed by atoms with van der Waals surface area (Å²) in [5, 5.41) is 0. The molecule has 0 unspecified atom stereocenters. The Labute approximate surface area is 146 Å². The zero-order valence-electron chi connectivity index (χ0n) is 14.7. The van der Waals surface area contributed by atoms with Crippen LogP contribution in [0.1, 0.15) is 57.9 Å². The number of halogens is 1. The molecule has 0 radical (unpaired) electrons. The van der Waals surface area contributed by atoms with E-state index >= 15 is 0 Å². The molecule has 2 N–H and O–H groups in total. The first kappa shape index (κ1) is 19.5. The Kier molecular flexibility index (Phi) is 5.62. The molecule has 0 aromatic heterocycles. The van der Waals surface area contributed by atoms with Gasteiger partial charge in [0.2, 0.25) is 0 Å². The van der Waals surface area contributed by atoms with Crippen molar-refractivity contribution in [1.29, 1.82) is 0 Å². The summed E-state index contributed by atoms with van der Waals surface area (Å²) >= 11 is 0. The van der Waals surface area contributed by atoms with Crippen molar-refractivity contribution in [2.75, 3.05) is 0 Å². The molecule has 0 amide bonds. The molecule has 6 heteroatoms. The summed E-state index contributed by atoms with van der Waals surface area (Å²) in [7, 11) is -4.84. The summed E-state index contributed by atoms with van der Waals surface area (Å²) in [5.41, 5.74) is 2.64. The van der Waals surface area contributed by atoms with E-state index in [-0.39, 0.29) is 17.3 Å². The molecule has 4 nitrogen and oxygen atoms in total. The van der Waals surface area contributed by atoms with Gasteiger partial charge in [0, 0.05) is 5.56 Å². The van der Waals surface area contributed by atoms with Gasteiger partial charge in [0.25, 0.3) is 5.52 Å². The summed E-state index contributed by atoms with van der Waals surface area (Å²) in [6.45, 7) is 7.38. The first-order chi connectivity index (χ1) is 11.5. The molecular formula is C19H22FO4P. The number of rotatable bonds is 5. The van der Waals surface area contributed by atoms with Crippen LogP contribution in [0.25, 0.3) is 0 Å². The van der Waals surface area contributed by atoms with Crippen molar-refractivity contribution in [3.05, 3.63) is 69.5 Å². The van der Waals surface area contributed by atoms with E-state index in [2.05, 4.69) is 0 Å². The van der Waals surface area contributed by atoms with E-state index in [1.165, 1.54) is 12.1 Å². The predicted molar refractivity (Wildman–Crippen MR) is 95.6 cm³/mol. The van der Waals surface area contributed by atoms with E-state index in [0.29, 0.717) is 17.5 Å². The third kappa shape index (κ3) is 4.24. The van der Waals surface area contributed by atoms with Crippen LogP contribution in [-0.2, 0) is 11.0 Å². The first-order valence-corrected chi connectivity index (χ1v) is 9.61. The molecule has 0 bridgehead atoms. The minimum absolute atomic E-state index is 0.0279. The second-order valence-corrected chi connectivity index (χ2v) is 8.06. The topological polar surface area (TPSA) is 74.6 Å². The second-order valence-electron chi connectivity index (χ2n) is 6.57. The van der Waals surface area contributed by atoms with E-state index < -0.39 is 13.1 Å². The van der Waals surface area contributed by atoms with Crippen LogP contribution in [0.5, 0.6) is 0 Å². The van der Waals surface area contributed by atoms with Crippen LogP contribution >= 0.6 is 7.60 Å². The number of aryl methyl sites for hydroxylation is 1. The molecule has 0 fully saturated rings. The molecule has 0 saturated heterocycles. The molecule has 0 aliphatic rings. The third-order valence-electron chi connectivity index (χ3n) is 4.39. The van der Waals surface area contributed by atoms with Crippen LogP contribution < -0.4 is 0 Å². The minimum Gasteiger partial charge on any atom is -0.319 e. The highest BCUT2D eigenvalue weighted by Gasteiger charge is 2.29. The molecule has 0 saturated carbocycles. The number of hydrogen-bond acceptors (Lipinski definition) is 2. The van der Waals surface area contributed by atoms with Gasteiger partial charge in [0.1, 0.15) is 5.82 Å². The first-order valence-electron chi connectivity index (χ1n) is 8.00. The van der Waals surface area contributed by atoms with Crippen molar-refractivity contribution >= 4 is 13.1 Å². The Morgan fingerprint density at radius 1 is 1.16 bits per heavy atom. The van der Waals surface area contributed by atoms with Gasteiger partial charge in [-0.25, -0.2) is 4.39 Å². The van der Waals surface area contributed by atoms with Crippen LogP contribution in [0.3, 0.4) is 0 Å². The molecule has 0 aliphatic heterocycles. The van der Waals surface area contributed by atoms with E-state index in [4.69, 9.17) is 9.79 Å². The summed E-state index contributed by atoms with van der Waals surface area (Å²) in [5.74, 6) is -0.206. The number of benzene rings is 2. The monoisotopic (exact) mass is 364 g/mol. The summed E-state index contributed by atoms with van der Waals surface area (Å²) < 4.78 is 25.2. The van der Waals surface area contributed by atoms with Gasteiger partial charge in [-0.3, -0.25) is 9.36 Å². The van der Waals surface area contributed by atoms with Crippen molar-refractivity contribution < 1.29 is 23.5 Å². The fourth-order valence-corrected chi connectivity index (χ4v) is 3.46. The third-order valence-corrected chi connectivity index (χ3v) is 5.16. The van der Waals surface area contributed by atoms with Crippen LogP contribution in [0.4, 0.5) is 4.39 Å². The smallest absolute Gasteiger partial charge is 0.319 e. The molecule has 134 valence electrons. The molecule has 2 aromatic carbocycles. The van der Waals surface area contributed by atoms with Crippen LogP contribution in [0.2, 0.25) is 0 Å². The van der Waals surface area contributed by atoms with Crippen molar-refractivity contribution in [2.45, 2.75) is 40.0 Å². The highest BCUT2D eigenvalue weighted by molar-refractivity contribution is 7.70. The number of hydrogen-bond donors (Lipinski definition) is 2. The normalized spacial score (nSPS) is 11.8. The summed E-state index contributed by atoms with van der Waals surface area (Å²) in [6.07, 6.45) is 0.458. The number of carbonyl (C=O) groups excluding carboxylic acids is 1. The molecule has 0 atom stereocenters. The van der Waals surface area contributed by atoms with Gasteiger partial charge in [0.05, 0.1) is 0 Å². The van der Waals surface area contributed by atoms with Gasteiger partial charge in [-0.15, -0.1) is 0 Å². The van der Waals surface area contributed by atoms with Gasteiger partial charge in [-0.05, 0) is 60.1 Å². The van der Waals surface area contributed by atoms with Crippen LogP contribution in [0.15, 0.2) is 30.3 Å². The van der Waals surface area contributed by atoms with Crippen molar-refractivity contribution in [1.82, 2.24) is 0 Å². The SMILES string of the molecule is Cc1ccc(C(=O)P(=O)(O)O)c(C)c1Cc1ccc(F)c(C(C)C)c1. The van der Waals surface area contributed by atoms with Crippen molar-refractivity contribution in [3.63, 3.8) is 0 Å². The Bertz CT molecular complexity index is 868. The predicted octanol–water partition coefficient (Wildman–Crippen LogP) is 4.47. The lowest BCUT2D eigenvalue weighted by molar-refractivity contribution is 0.104. The summed E-state index contributed by atoms with van der Waals surface area (Å²) in [6, 6.07) is 8.05. The van der Waals surface area contributed by atoms with Gasteiger partial charge in [-0.2, -0.15) is 0 Å². The maximum Gasteiger partial charge on any atom is 0.396 e. The zero-order chi connectivity index (χ0) is 18.9. The Balaban J connectivity index is 2.49. The second kappa shape index (κ2) is 7.20. The van der Waals surface area contributed by atoms with E-state index in [1.807, 2.05) is 20.8 Å². The van der Waals surface area contributed by atoms with Gasteiger partial charge in [0.15, 0.2) is 0 Å². The highest BCUT2D eigenvalue weighted by Crippen LogP contribution is 2.40. The fourth-order valence-electron chi connectivity index (χ4n) is 2.90. The average Bonchev–Trinajstić information content (AvgIpc) is 2.51. The molecular weight excluding hydrogens is 342 g/mol. The average molecular weight is 364 g/mol. The maximum absolute atomic E-state index is 13.9. The molecule has 25 heavy (non-hydrogen) atoms. The van der Waals surface area contributed by atoms with Crippen molar-refractivity contribution in [3.8, 4) is 0 Å². The lowest BCUT2D eigenvalue weighted by Crippen LogP contribution is -2.07. The molecule has 0 heterocycles. The molecule has 0 spiro atoms. The van der Waals surface area contributed by atoms with Gasteiger partial charge < -0.3 is 9.79 Å². The van der Waals surface area contributed by atoms with Crippen LogP contribution in [0, 0.1) is 19.7 Å². The van der Waals surface area contributed by atoms with E-state index in [1.54, 1.807) is 25.1 Å². The standard InChI is InChI=1S/C19H22FO4P/c1-11(2)16-9-14(6-8-18(16)20)10-17-12(3)5-7-15(13(17)4)19(21)25(22,23)24/h5-9,11H,10H2,1-4H3,(H2,22,23,24). The summed E-state index contributed by atoms with van der Waals surface area (Å²) in [4.78, 5) is 30.3. The molecule has 0 aliphatic carbocycles. The number of carbonyl (C=O) groups is 1. The van der Waals surface area contributed by atoms with Crippen LogP contribution in [-0.4, -0.2) is 15.3 Å². The van der Waals surface area contributed by atoms with Gasteiger partial charge in [-0.1, -0.05) is 38.1 Å².